The van der Waals surface area contributed by atoms with Crippen LogP contribution in [0.4, 0.5) is 11.4 Å². The molecule has 0 unspecified atom stereocenters. The molecular weight excluding hydrogens is 392 g/mol. The van der Waals surface area contributed by atoms with Gasteiger partial charge in [0.25, 0.3) is 5.91 Å². The minimum absolute atomic E-state index is 0.0162. The minimum Gasteiger partial charge on any atom is -0.507 e. The van der Waals surface area contributed by atoms with Crippen molar-refractivity contribution >= 4 is 23.3 Å². The molecule has 0 saturated carbocycles. The molecule has 6 nitrogen and oxygen atoms in total. The Morgan fingerprint density at radius 2 is 1.52 bits per heavy atom. The van der Waals surface area contributed by atoms with Crippen LogP contribution < -0.4 is 10.2 Å². The van der Waals surface area contributed by atoms with Gasteiger partial charge in [-0.25, -0.2) is 4.79 Å². The van der Waals surface area contributed by atoms with Crippen molar-refractivity contribution in [2.75, 3.05) is 23.3 Å². The van der Waals surface area contributed by atoms with Crippen LogP contribution >= 0.6 is 0 Å². The molecule has 1 aliphatic rings. The van der Waals surface area contributed by atoms with Crippen LogP contribution in [0.25, 0.3) is 11.1 Å². The summed E-state index contributed by atoms with van der Waals surface area (Å²) < 4.78 is 0. The molecule has 158 valence electrons. The Labute approximate surface area is 180 Å². The first-order chi connectivity index (χ1) is 15.0. The molecule has 1 fully saturated rings. The first-order valence-electron chi connectivity index (χ1n) is 10.3. The predicted molar refractivity (Wildman–Crippen MR) is 121 cm³/mol. The number of rotatable bonds is 5. The van der Waals surface area contributed by atoms with E-state index in [2.05, 4.69) is 10.2 Å². The number of phenolic OH excluding ortho intramolecular Hbond substituents is 1. The highest BCUT2D eigenvalue weighted by atomic mass is 16.4. The summed E-state index contributed by atoms with van der Waals surface area (Å²) in [5.74, 6) is -1.83. The third-order valence-corrected chi connectivity index (χ3v) is 5.55. The van der Waals surface area contributed by atoms with Crippen molar-refractivity contribution in [3.63, 3.8) is 0 Å². The molecule has 3 N–H and O–H groups in total. The topological polar surface area (TPSA) is 89.9 Å². The Hall–Kier alpha value is -3.80. The van der Waals surface area contributed by atoms with Crippen molar-refractivity contribution in [1.29, 1.82) is 0 Å². The van der Waals surface area contributed by atoms with Crippen molar-refractivity contribution in [2.45, 2.75) is 19.3 Å². The summed E-state index contributed by atoms with van der Waals surface area (Å²) in [6, 6.07) is 19.3. The molecule has 3 aromatic rings. The number of benzene rings is 3. The van der Waals surface area contributed by atoms with E-state index in [0.717, 1.165) is 42.7 Å². The number of carbonyl (C=O) groups excluding carboxylic acids is 1. The van der Waals surface area contributed by atoms with Crippen molar-refractivity contribution < 1.29 is 19.8 Å². The Kier molecular flexibility index (Phi) is 5.89. The molecule has 0 radical (unpaired) electrons. The molecule has 4 rings (SSSR count). The number of nitrogens with zero attached hydrogens (tertiary/aromatic N) is 1. The summed E-state index contributed by atoms with van der Waals surface area (Å²) >= 11 is 0. The first-order valence-corrected chi connectivity index (χ1v) is 10.3. The van der Waals surface area contributed by atoms with E-state index in [1.165, 1.54) is 12.5 Å². The second-order valence-electron chi connectivity index (χ2n) is 7.63. The zero-order valence-electron chi connectivity index (χ0n) is 17.0. The van der Waals surface area contributed by atoms with Gasteiger partial charge in [0, 0.05) is 24.8 Å². The van der Waals surface area contributed by atoms with E-state index in [-0.39, 0.29) is 22.6 Å². The number of aromatic carboxylic acids is 1. The number of aromatic hydroxyl groups is 1. The minimum atomic E-state index is -1.14. The van der Waals surface area contributed by atoms with Crippen LogP contribution in [0.15, 0.2) is 66.7 Å². The smallest absolute Gasteiger partial charge is 0.337 e. The van der Waals surface area contributed by atoms with E-state index in [1.54, 1.807) is 24.3 Å². The maximum atomic E-state index is 12.9. The lowest BCUT2D eigenvalue weighted by molar-refractivity contribution is 0.0698. The summed E-state index contributed by atoms with van der Waals surface area (Å²) in [4.78, 5) is 26.7. The lowest BCUT2D eigenvalue weighted by atomic mass is 10.0. The van der Waals surface area contributed by atoms with Gasteiger partial charge in [0.2, 0.25) is 0 Å². The van der Waals surface area contributed by atoms with Gasteiger partial charge in [-0.05, 0) is 54.7 Å². The fraction of sp³-hybridized carbons (Fsp3) is 0.200. The lowest BCUT2D eigenvalue weighted by Gasteiger charge is -2.29. The Bertz CT molecular complexity index is 1110. The van der Waals surface area contributed by atoms with Gasteiger partial charge in [-0.2, -0.15) is 0 Å². The molecule has 1 heterocycles. The molecular formula is C25H24N2O4. The Morgan fingerprint density at radius 3 is 2.19 bits per heavy atom. The molecule has 31 heavy (non-hydrogen) atoms. The maximum absolute atomic E-state index is 12.9. The molecule has 0 aromatic heterocycles. The van der Waals surface area contributed by atoms with Crippen molar-refractivity contribution in [3.8, 4) is 16.9 Å². The summed E-state index contributed by atoms with van der Waals surface area (Å²) in [5.41, 5.74) is 2.83. The highest BCUT2D eigenvalue weighted by Crippen LogP contribution is 2.30. The van der Waals surface area contributed by atoms with Crippen LogP contribution in [0, 0.1) is 0 Å². The van der Waals surface area contributed by atoms with E-state index in [9.17, 15) is 19.8 Å². The highest BCUT2D eigenvalue weighted by Gasteiger charge is 2.19. The molecule has 3 aromatic carbocycles. The van der Waals surface area contributed by atoms with Gasteiger partial charge in [-0.1, -0.05) is 36.4 Å². The molecule has 0 atom stereocenters. The summed E-state index contributed by atoms with van der Waals surface area (Å²) in [6.07, 6.45) is 3.42. The summed E-state index contributed by atoms with van der Waals surface area (Å²) in [7, 11) is 0. The Balaban J connectivity index is 1.61. The molecule has 1 amide bonds. The molecule has 1 saturated heterocycles. The van der Waals surface area contributed by atoms with Gasteiger partial charge in [-0.3, -0.25) is 4.79 Å². The maximum Gasteiger partial charge on any atom is 0.337 e. The lowest BCUT2D eigenvalue weighted by Crippen LogP contribution is -2.29. The number of hydrogen-bond acceptors (Lipinski definition) is 4. The molecule has 0 spiro atoms. The van der Waals surface area contributed by atoms with E-state index < -0.39 is 11.9 Å². The zero-order valence-corrected chi connectivity index (χ0v) is 17.0. The van der Waals surface area contributed by atoms with Gasteiger partial charge in [0.1, 0.15) is 5.75 Å². The normalized spacial score (nSPS) is 13.6. The summed E-state index contributed by atoms with van der Waals surface area (Å²) in [5, 5.41) is 22.7. The standard InChI is InChI=1S/C25H24N2O4/c28-23-16-19(27-13-5-2-6-14-27)10-12-21(23)24(29)26-22-15-18(9-11-20(22)25(30)31)17-7-3-1-4-8-17/h1,3-4,7-12,15-16,28H,2,5-6,13-14H2,(H,26,29)(H,30,31). The second kappa shape index (κ2) is 8.92. The van der Waals surface area contributed by atoms with Crippen LogP contribution in [-0.4, -0.2) is 35.2 Å². The van der Waals surface area contributed by atoms with Gasteiger partial charge in [0.05, 0.1) is 16.8 Å². The number of carboxylic acids is 1. The Morgan fingerprint density at radius 1 is 0.806 bits per heavy atom. The monoisotopic (exact) mass is 416 g/mol. The van der Waals surface area contributed by atoms with E-state index >= 15 is 0 Å². The number of anilines is 2. The molecule has 1 aliphatic heterocycles. The van der Waals surface area contributed by atoms with Gasteiger partial charge < -0.3 is 20.4 Å². The van der Waals surface area contributed by atoms with Crippen LogP contribution in [0.2, 0.25) is 0 Å². The van der Waals surface area contributed by atoms with Crippen LogP contribution in [0.5, 0.6) is 5.75 Å². The molecule has 6 heteroatoms. The number of carboxylic acid groups (broad SMARTS) is 1. The number of amides is 1. The third-order valence-electron chi connectivity index (χ3n) is 5.55. The van der Waals surface area contributed by atoms with Crippen LogP contribution in [0.3, 0.4) is 0 Å². The van der Waals surface area contributed by atoms with Crippen LogP contribution in [0.1, 0.15) is 40.0 Å². The number of phenols is 1. The largest absolute Gasteiger partial charge is 0.507 e. The van der Waals surface area contributed by atoms with Gasteiger partial charge >= 0.3 is 5.97 Å². The fourth-order valence-corrected chi connectivity index (χ4v) is 3.89. The van der Waals surface area contributed by atoms with Gasteiger partial charge in [0.15, 0.2) is 0 Å². The molecule has 0 bridgehead atoms. The fourth-order valence-electron chi connectivity index (χ4n) is 3.89. The van der Waals surface area contributed by atoms with Crippen molar-refractivity contribution in [3.05, 3.63) is 77.9 Å². The summed E-state index contributed by atoms with van der Waals surface area (Å²) in [6.45, 7) is 1.86. The average Bonchev–Trinajstić information content (AvgIpc) is 2.80. The molecule has 0 aliphatic carbocycles. The van der Waals surface area contributed by atoms with Crippen molar-refractivity contribution in [2.24, 2.45) is 0 Å². The average molecular weight is 416 g/mol. The van der Waals surface area contributed by atoms with E-state index in [4.69, 9.17) is 0 Å². The number of piperidine rings is 1. The van der Waals surface area contributed by atoms with Crippen molar-refractivity contribution in [1.82, 2.24) is 0 Å². The third kappa shape index (κ3) is 4.53. The SMILES string of the molecule is O=C(Nc1cc(-c2ccccc2)ccc1C(=O)O)c1ccc(N2CCCCC2)cc1O. The van der Waals surface area contributed by atoms with Gasteiger partial charge in [-0.15, -0.1) is 0 Å². The van der Waals surface area contributed by atoms with Crippen LogP contribution in [-0.2, 0) is 0 Å². The number of nitrogens with one attached hydrogen (secondary N) is 1. The second-order valence-corrected chi connectivity index (χ2v) is 7.63. The predicted octanol–water partition coefficient (Wildman–Crippen LogP) is 5.00. The quantitative estimate of drug-likeness (QED) is 0.545. The van der Waals surface area contributed by atoms with E-state index in [1.807, 2.05) is 36.4 Å². The van der Waals surface area contributed by atoms with E-state index in [0.29, 0.717) is 0 Å². The highest BCUT2D eigenvalue weighted by molar-refractivity contribution is 6.09. The number of hydrogen-bond donors (Lipinski definition) is 3. The zero-order chi connectivity index (χ0) is 21.8. The number of carbonyl (C=O) groups is 2. The first kappa shape index (κ1) is 20.5.